The maximum Gasteiger partial charge on any atom is 0.317 e. The van der Waals surface area contributed by atoms with Crippen molar-refractivity contribution in [1.82, 2.24) is 9.80 Å². The molecule has 0 saturated carbocycles. The quantitative estimate of drug-likeness (QED) is 0.593. The monoisotopic (exact) mass is 288 g/mol. The fourth-order valence-corrected chi connectivity index (χ4v) is 2.37. The van der Waals surface area contributed by atoms with E-state index in [1.54, 1.807) is 0 Å². The summed E-state index contributed by atoms with van der Waals surface area (Å²) in [5.74, 6) is -0.775. The van der Waals surface area contributed by atoms with Gasteiger partial charge < -0.3 is 14.9 Å². The first-order valence-corrected chi connectivity index (χ1v) is 7.54. The maximum absolute atomic E-state index is 10.7. The number of carboxylic acids is 1. The lowest BCUT2D eigenvalue weighted by atomic mass is 10.3. The fraction of sp³-hybridized carbons (Fsp3) is 0.929. The van der Waals surface area contributed by atoms with Crippen LogP contribution in [0.1, 0.15) is 26.2 Å². The Balaban J connectivity index is 2.18. The largest absolute Gasteiger partial charge is 0.480 e. The lowest BCUT2D eigenvalue weighted by molar-refractivity contribution is -0.138. The molecule has 0 aliphatic carbocycles. The van der Waals surface area contributed by atoms with Crippen LogP contribution in [0.5, 0.6) is 0 Å². The zero-order valence-corrected chi connectivity index (χ0v) is 12.5. The second kappa shape index (κ2) is 10.1. The van der Waals surface area contributed by atoms with E-state index in [2.05, 4.69) is 11.8 Å². The summed E-state index contributed by atoms with van der Waals surface area (Å²) in [7, 11) is 0. The predicted octanol–water partition coefficient (Wildman–Crippen LogP) is 0.256. The summed E-state index contributed by atoms with van der Waals surface area (Å²) in [6.07, 6.45) is 2.61. The van der Waals surface area contributed by atoms with Crippen LogP contribution in [0.25, 0.3) is 0 Å². The molecule has 0 spiro atoms. The number of hydrogen-bond acceptors (Lipinski definition) is 5. The molecule has 1 unspecified atom stereocenters. The Labute approximate surface area is 121 Å². The minimum atomic E-state index is -0.775. The average molecular weight is 288 g/mol. The molecule has 2 N–H and O–H groups in total. The molecular formula is C14H28N2O4. The third-order valence-electron chi connectivity index (χ3n) is 3.46. The van der Waals surface area contributed by atoms with Crippen LogP contribution in [0.15, 0.2) is 0 Å². The molecule has 1 atom stereocenters. The minimum Gasteiger partial charge on any atom is -0.480 e. The molecule has 1 heterocycles. The van der Waals surface area contributed by atoms with E-state index in [0.29, 0.717) is 19.8 Å². The molecule has 0 aromatic rings. The first-order valence-electron chi connectivity index (χ1n) is 7.54. The summed E-state index contributed by atoms with van der Waals surface area (Å²) in [5, 5.41) is 18.7. The normalized spacial score (nSPS) is 19.7. The van der Waals surface area contributed by atoms with Gasteiger partial charge in [-0.3, -0.25) is 14.6 Å². The van der Waals surface area contributed by atoms with Crippen molar-refractivity contribution in [2.45, 2.75) is 32.3 Å². The van der Waals surface area contributed by atoms with E-state index < -0.39 is 12.1 Å². The number of hydrogen-bond donors (Lipinski definition) is 2. The molecule has 0 aromatic heterocycles. The van der Waals surface area contributed by atoms with Gasteiger partial charge in [-0.25, -0.2) is 0 Å². The highest BCUT2D eigenvalue weighted by Gasteiger charge is 2.18. The molecule has 0 aromatic carbocycles. The molecule has 1 fully saturated rings. The third-order valence-corrected chi connectivity index (χ3v) is 3.46. The first kappa shape index (κ1) is 17.4. The van der Waals surface area contributed by atoms with Crippen molar-refractivity contribution in [2.24, 2.45) is 0 Å². The number of carbonyl (C=O) groups is 1. The Morgan fingerprint density at radius 1 is 1.25 bits per heavy atom. The lowest BCUT2D eigenvalue weighted by Crippen LogP contribution is -2.38. The van der Waals surface area contributed by atoms with Crippen molar-refractivity contribution in [3.05, 3.63) is 0 Å². The van der Waals surface area contributed by atoms with Gasteiger partial charge in [0.2, 0.25) is 0 Å². The Hall–Kier alpha value is -0.690. The van der Waals surface area contributed by atoms with E-state index in [9.17, 15) is 9.90 Å². The molecule has 20 heavy (non-hydrogen) atoms. The first-order chi connectivity index (χ1) is 9.61. The average Bonchev–Trinajstić information content (AvgIpc) is 2.60. The second-order valence-corrected chi connectivity index (χ2v) is 5.41. The van der Waals surface area contributed by atoms with Gasteiger partial charge in [0.1, 0.15) is 0 Å². The number of carboxylic acid groups (broad SMARTS) is 1. The molecule has 118 valence electrons. The number of ether oxygens (including phenoxy) is 1. The van der Waals surface area contributed by atoms with Crippen LogP contribution in [0.2, 0.25) is 0 Å². The van der Waals surface area contributed by atoms with E-state index in [-0.39, 0.29) is 6.54 Å². The van der Waals surface area contributed by atoms with Gasteiger partial charge >= 0.3 is 5.97 Å². The van der Waals surface area contributed by atoms with Crippen LogP contribution in [0, 0.1) is 0 Å². The number of rotatable bonds is 9. The minimum absolute atomic E-state index is 0.108. The Kier molecular flexibility index (Phi) is 8.77. The molecule has 1 rings (SSSR count). The topological polar surface area (TPSA) is 73.2 Å². The predicted molar refractivity (Wildman–Crippen MR) is 76.9 cm³/mol. The van der Waals surface area contributed by atoms with Crippen LogP contribution < -0.4 is 0 Å². The van der Waals surface area contributed by atoms with Gasteiger partial charge in [0.05, 0.1) is 19.3 Å². The zero-order valence-electron chi connectivity index (χ0n) is 12.5. The van der Waals surface area contributed by atoms with Gasteiger partial charge in [0, 0.05) is 32.8 Å². The molecule has 1 aliphatic heterocycles. The highest BCUT2D eigenvalue weighted by atomic mass is 16.5. The molecule has 0 amide bonds. The van der Waals surface area contributed by atoms with E-state index in [0.717, 1.165) is 45.4 Å². The van der Waals surface area contributed by atoms with Crippen molar-refractivity contribution < 1.29 is 19.7 Å². The Morgan fingerprint density at radius 2 is 1.95 bits per heavy atom. The summed E-state index contributed by atoms with van der Waals surface area (Å²) in [5.41, 5.74) is 0. The van der Waals surface area contributed by atoms with Gasteiger partial charge in [0.25, 0.3) is 0 Å². The number of aliphatic hydroxyl groups is 1. The van der Waals surface area contributed by atoms with Crippen LogP contribution >= 0.6 is 0 Å². The van der Waals surface area contributed by atoms with Crippen LogP contribution in [0.3, 0.4) is 0 Å². The van der Waals surface area contributed by atoms with Gasteiger partial charge in [-0.1, -0.05) is 13.3 Å². The van der Waals surface area contributed by atoms with E-state index in [4.69, 9.17) is 9.84 Å². The summed E-state index contributed by atoms with van der Waals surface area (Å²) < 4.78 is 5.42. The lowest BCUT2D eigenvalue weighted by Gasteiger charge is -2.23. The summed E-state index contributed by atoms with van der Waals surface area (Å²) >= 11 is 0. The Bertz CT molecular complexity index is 276. The number of unbranched alkanes of at least 4 members (excludes halogenated alkanes) is 1. The van der Waals surface area contributed by atoms with Gasteiger partial charge in [-0.2, -0.15) is 0 Å². The highest BCUT2D eigenvalue weighted by Crippen LogP contribution is 2.04. The van der Waals surface area contributed by atoms with Crippen molar-refractivity contribution >= 4 is 5.97 Å². The molecule has 0 bridgehead atoms. The van der Waals surface area contributed by atoms with E-state index in [1.807, 2.05) is 4.90 Å². The van der Waals surface area contributed by atoms with Crippen LogP contribution in [-0.2, 0) is 9.53 Å². The number of aliphatic carboxylic acids is 1. The smallest absolute Gasteiger partial charge is 0.317 e. The third kappa shape index (κ3) is 7.79. The van der Waals surface area contributed by atoms with Gasteiger partial charge in [-0.15, -0.1) is 0 Å². The fourth-order valence-electron chi connectivity index (χ4n) is 2.37. The maximum atomic E-state index is 10.7. The highest BCUT2D eigenvalue weighted by molar-refractivity contribution is 5.69. The number of β-amino-alcohol motifs (C(OH)–C–C–N with tert-alkyl or cyclic N) is 1. The zero-order chi connectivity index (χ0) is 14.8. The van der Waals surface area contributed by atoms with Gasteiger partial charge in [-0.05, 0) is 19.4 Å². The van der Waals surface area contributed by atoms with E-state index >= 15 is 0 Å². The standard InChI is InChI=1S/C14H28N2O4/c1-2-3-9-20-12-13(17)10-15-5-4-6-16(8-7-15)11-14(18)19/h13,17H,2-12H2,1H3,(H,18,19). The van der Waals surface area contributed by atoms with Crippen molar-refractivity contribution in [2.75, 3.05) is 52.5 Å². The summed E-state index contributed by atoms with van der Waals surface area (Å²) in [6, 6.07) is 0. The SMILES string of the molecule is CCCCOCC(O)CN1CCCN(CC(=O)O)CC1. The summed E-state index contributed by atoms with van der Waals surface area (Å²) in [4.78, 5) is 14.8. The number of aliphatic hydroxyl groups excluding tert-OH is 1. The van der Waals surface area contributed by atoms with Crippen LogP contribution in [-0.4, -0.2) is 84.6 Å². The van der Waals surface area contributed by atoms with E-state index in [1.165, 1.54) is 0 Å². The molecule has 6 heteroatoms. The molecule has 0 radical (unpaired) electrons. The van der Waals surface area contributed by atoms with Crippen molar-refractivity contribution in [1.29, 1.82) is 0 Å². The van der Waals surface area contributed by atoms with Crippen LogP contribution in [0.4, 0.5) is 0 Å². The Morgan fingerprint density at radius 3 is 2.65 bits per heavy atom. The van der Waals surface area contributed by atoms with Crippen molar-refractivity contribution in [3.63, 3.8) is 0 Å². The molecule has 6 nitrogen and oxygen atoms in total. The second-order valence-electron chi connectivity index (χ2n) is 5.41. The van der Waals surface area contributed by atoms with Gasteiger partial charge in [0.15, 0.2) is 0 Å². The van der Waals surface area contributed by atoms with Crippen molar-refractivity contribution in [3.8, 4) is 0 Å². The number of nitrogens with zero attached hydrogens (tertiary/aromatic N) is 2. The molecular weight excluding hydrogens is 260 g/mol. The molecule has 1 saturated heterocycles. The molecule has 1 aliphatic rings. The summed E-state index contributed by atoms with van der Waals surface area (Å²) in [6.45, 7) is 7.18.